The highest BCUT2D eigenvalue weighted by Crippen LogP contribution is 2.35. The predicted octanol–water partition coefficient (Wildman–Crippen LogP) is 6.04. The normalized spacial score (nSPS) is 11.1. The molecule has 0 aliphatic heterocycles. The second kappa shape index (κ2) is 8.82. The number of anilines is 3. The molecule has 0 amide bonds. The molecule has 1 heterocycles. The summed E-state index contributed by atoms with van der Waals surface area (Å²) in [6, 6.07) is 21.4. The van der Waals surface area contributed by atoms with Crippen LogP contribution in [0.4, 0.5) is 17.5 Å². The van der Waals surface area contributed by atoms with Crippen LogP contribution in [0.25, 0.3) is 28.1 Å². The van der Waals surface area contributed by atoms with Crippen molar-refractivity contribution in [3.63, 3.8) is 0 Å². The van der Waals surface area contributed by atoms with Gasteiger partial charge in [-0.1, -0.05) is 24.3 Å². The van der Waals surface area contributed by atoms with E-state index in [1.165, 1.54) is 0 Å². The third-order valence-electron chi connectivity index (χ3n) is 5.41. The summed E-state index contributed by atoms with van der Waals surface area (Å²) in [6.45, 7) is 5.91. The number of allylic oxidation sites excluding steroid dienone is 1. The Labute approximate surface area is 192 Å². The SMILES string of the molecule is CC(C#N)=Cc1cc(C)c(-c2cccc3c(N)nc(Nc4ccc(C#N)cc4)nc23)c(C)c1. The van der Waals surface area contributed by atoms with E-state index in [1.54, 1.807) is 31.2 Å². The zero-order chi connectivity index (χ0) is 23.5. The second-order valence-electron chi connectivity index (χ2n) is 7.92. The molecular formula is C27H22N6. The monoisotopic (exact) mass is 430 g/mol. The molecule has 4 rings (SSSR count). The number of hydrogen-bond acceptors (Lipinski definition) is 6. The number of nitrogen functional groups attached to an aromatic ring is 1. The number of para-hydroxylation sites is 1. The van der Waals surface area contributed by atoms with Crippen LogP contribution in [-0.2, 0) is 0 Å². The number of aromatic nitrogens is 2. The first-order valence-electron chi connectivity index (χ1n) is 10.4. The molecular weight excluding hydrogens is 408 g/mol. The van der Waals surface area contributed by atoms with Crippen molar-refractivity contribution >= 4 is 34.4 Å². The lowest BCUT2D eigenvalue weighted by Gasteiger charge is -2.15. The van der Waals surface area contributed by atoms with Crippen molar-refractivity contribution in [1.29, 1.82) is 10.5 Å². The van der Waals surface area contributed by atoms with E-state index in [0.29, 0.717) is 22.9 Å². The first-order valence-corrected chi connectivity index (χ1v) is 10.4. The molecule has 0 radical (unpaired) electrons. The summed E-state index contributed by atoms with van der Waals surface area (Å²) in [5.41, 5.74) is 14.3. The van der Waals surface area contributed by atoms with E-state index in [0.717, 1.165) is 44.4 Å². The van der Waals surface area contributed by atoms with Gasteiger partial charge in [-0.3, -0.25) is 0 Å². The molecule has 4 aromatic rings. The molecule has 0 atom stereocenters. The maximum atomic E-state index is 9.11. The number of rotatable bonds is 4. The van der Waals surface area contributed by atoms with Crippen LogP contribution in [0.2, 0.25) is 0 Å². The summed E-state index contributed by atoms with van der Waals surface area (Å²) >= 11 is 0. The smallest absolute Gasteiger partial charge is 0.229 e. The van der Waals surface area contributed by atoms with E-state index < -0.39 is 0 Å². The molecule has 0 saturated carbocycles. The van der Waals surface area contributed by atoms with Gasteiger partial charge < -0.3 is 11.1 Å². The Morgan fingerprint density at radius 3 is 2.33 bits per heavy atom. The van der Waals surface area contributed by atoms with E-state index in [9.17, 15) is 0 Å². The van der Waals surface area contributed by atoms with Gasteiger partial charge in [-0.25, -0.2) is 4.98 Å². The number of hydrogen-bond donors (Lipinski definition) is 2. The highest BCUT2D eigenvalue weighted by Gasteiger charge is 2.15. The van der Waals surface area contributed by atoms with Gasteiger partial charge in [0, 0.05) is 22.2 Å². The summed E-state index contributed by atoms with van der Waals surface area (Å²) in [7, 11) is 0. The minimum atomic E-state index is 0.386. The summed E-state index contributed by atoms with van der Waals surface area (Å²) in [5.74, 6) is 0.772. The fourth-order valence-corrected chi connectivity index (χ4v) is 3.98. The minimum absolute atomic E-state index is 0.386. The molecule has 0 saturated heterocycles. The number of nitrogens with zero attached hydrogens (tertiary/aromatic N) is 4. The fourth-order valence-electron chi connectivity index (χ4n) is 3.98. The largest absolute Gasteiger partial charge is 0.383 e. The number of aryl methyl sites for hydroxylation is 2. The molecule has 6 nitrogen and oxygen atoms in total. The summed E-state index contributed by atoms with van der Waals surface area (Å²) < 4.78 is 0. The third-order valence-corrected chi connectivity index (χ3v) is 5.41. The lowest BCUT2D eigenvalue weighted by molar-refractivity contribution is 1.22. The van der Waals surface area contributed by atoms with Gasteiger partial charge in [0.25, 0.3) is 0 Å². The summed E-state index contributed by atoms with van der Waals surface area (Å²) in [4.78, 5) is 9.22. The molecule has 1 aromatic heterocycles. The van der Waals surface area contributed by atoms with E-state index in [1.807, 2.05) is 24.3 Å². The van der Waals surface area contributed by atoms with E-state index in [4.69, 9.17) is 21.2 Å². The predicted molar refractivity (Wildman–Crippen MR) is 133 cm³/mol. The fraction of sp³-hybridized carbons (Fsp3) is 0.111. The van der Waals surface area contributed by atoms with Gasteiger partial charge in [-0.05, 0) is 79.4 Å². The average Bonchev–Trinajstić information content (AvgIpc) is 2.79. The molecule has 0 unspecified atom stereocenters. The molecule has 3 aromatic carbocycles. The second-order valence-corrected chi connectivity index (χ2v) is 7.92. The highest BCUT2D eigenvalue weighted by atomic mass is 15.1. The van der Waals surface area contributed by atoms with Gasteiger partial charge in [-0.15, -0.1) is 0 Å². The molecule has 0 bridgehead atoms. The number of fused-ring (bicyclic) bond motifs is 1. The Morgan fingerprint density at radius 1 is 1.00 bits per heavy atom. The Kier molecular flexibility index (Phi) is 5.76. The van der Waals surface area contributed by atoms with Crippen molar-refractivity contribution in [3.8, 4) is 23.3 Å². The van der Waals surface area contributed by atoms with Gasteiger partial charge in [-0.2, -0.15) is 15.5 Å². The first kappa shape index (κ1) is 21.5. The van der Waals surface area contributed by atoms with Gasteiger partial charge >= 0.3 is 0 Å². The minimum Gasteiger partial charge on any atom is -0.383 e. The van der Waals surface area contributed by atoms with Crippen molar-refractivity contribution in [2.75, 3.05) is 11.1 Å². The number of nitrogens with two attached hydrogens (primary N) is 1. The Bertz CT molecular complexity index is 1460. The van der Waals surface area contributed by atoms with Gasteiger partial charge in [0.2, 0.25) is 5.95 Å². The van der Waals surface area contributed by atoms with Gasteiger partial charge in [0.15, 0.2) is 0 Å². The zero-order valence-corrected chi connectivity index (χ0v) is 18.6. The summed E-state index contributed by atoms with van der Waals surface area (Å²) in [5, 5.41) is 22.1. The van der Waals surface area contributed by atoms with Crippen molar-refractivity contribution in [3.05, 3.63) is 82.4 Å². The molecule has 160 valence electrons. The molecule has 0 aliphatic rings. The van der Waals surface area contributed by atoms with Crippen LogP contribution < -0.4 is 11.1 Å². The van der Waals surface area contributed by atoms with Crippen LogP contribution in [0.1, 0.15) is 29.2 Å². The lowest BCUT2D eigenvalue weighted by Crippen LogP contribution is -2.03. The number of nitrogens with one attached hydrogen (secondary N) is 1. The quantitative estimate of drug-likeness (QED) is 0.382. The van der Waals surface area contributed by atoms with Gasteiger partial charge in [0.05, 0.1) is 23.2 Å². The number of benzene rings is 3. The van der Waals surface area contributed by atoms with Crippen LogP contribution in [-0.4, -0.2) is 9.97 Å². The molecule has 0 fully saturated rings. The van der Waals surface area contributed by atoms with Crippen molar-refractivity contribution < 1.29 is 0 Å². The number of nitriles is 2. The Morgan fingerprint density at radius 2 is 1.70 bits per heavy atom. The maximum absolute atomic E-state index is 9.11. The van der Waals surface area contributed by atoms with Crippen molar-refractivity contribution in [2.45, 2.75) is 20.8 Å². The Balaban J connectivity index is 1.84. The topological polar surface area (TPSA) is 111 Å². The Hall–Kier alpha value is -4.68. The van der Waals surface area contributed by atoms with Crippen molar-refractivity contribution in [2.24, 2.45) is 0 Å². The van der Waals surface area contributed by atoms with E-state index in [2.05, 4.69) is 48.4 Å². The zero-order valence-electron chi connectivity index (χ0n) is 18.6. The van der Waals surface area contributed by atoms with E-state index >= 15 is 0 Å². The van der Waals surface area contributed by atoms with Crippen LogP contribution in [0.3, 0.4) is 0 Å². The summed E-state index contributed by atoms with van der Waals surface area (Å²) in [6.07, 6.45) is 1.88. The van der Waals surface area contributed by atoms with Gasteiger partial charge in [0.1, 0.15) is 5.82 Å². The van der Waals surface area contributed by atoms with Crippen LogP contribution in [0.15, 0.2) is 60.2 Å². The molecule has 0 aliphatic carbocycles. The van der Waals surface area contributed by atoms with Crippen LogP contribution >= 0.6 is 0 Å². The maximum Gasteiger partial charge on any atom is 0.229 e. The van der Waals surface area contributed by atoms with Crippen LogP contribution in [0.5, 0.6) is 0 Å². The highest BCUT2D eigenvalue weighted by molar-refractivity contribution is 6.00. The first-order chi connectivity index (χ1) is 15.9. The van der Waals surface area contributed by atoms with Crippen LogP contribution in [0, 0.1) is 36.5 Å². The molecule has 6 heteroatoms. The molecule has 3 N–H and O–H groups in total. The molecule has 33 heavy (non-hydrogen) atoms. The third kappa shape index (κ3) is 4.37. The standard InChI is InChI=1S/C27H22N6/c1-16(14-28)11-20-12-17(2)24(18(3)13-20)22-5-4-6-23-25(22)32-27(33-26(23)30)31-21-9-7-19(15-29)8-10-21/h4-13H,1-3H3,(H3,30,31,32,33). The van der Waals surface area contributed by atoms with Crippen molar-refractivity contribution in [1.82, 2.24) is 9.97 Å². The average molecular weight is 431 g/mol. The molecule has 0 spiro atoms. The lowest BCUT2D eigenvalue weighted by atomic mass is 9.91. The van der Waals surface area contributed by atoms with E-state index in [-0.39, 0.29) is 0 Å².